The Kier molecular flexibility index (Phi) is 4.54. The first-order chi connectivity index (χ1) is 9.74. The summed E-state index contributed by atoms with van der Waals surface area (Å²) in [4.78, 5) is 18.6. The lowest BCUT2D eigenvalue weighted by atomic mass is 9.82. The van der Waals surface area contributed by atoms with E-state index >= 15 is 0 Å². The molecule has 1 aromatic rings. The van der Waals surface area contributed by atoms with Crippen LogP contribution < -0.4 is 0 Å². The standard InChI is InChI=1S/C18H27NO2/c1-14(16(20)15-10-7-6-8-11-15)21-19-17(2,3)12-9-13-18(19,4)5/h6-8,10-11,14H,9,12-13H2,1-5H3. The van der Waals surface area contributed by atoms with Gasteiger partial charge in [0.05, 0.1) is 0 Å². The van der Waals surface area contributed by atoms with Crippen molar-refractivity contribution in [2.24, 2.45) is 0 Å². The van der Waals surface area contributed by atoms with Gasteiger partial charge in [-0.05, 0) is 53.9 Å². The van der Waals surface area contributed by atoms with Crippen LogP contribution in [0.25, 0.3) is 0 Å². The number of hydrogen-bond acceptors (Lipinski definition) is 3. The number of rotatable bonds is 4. The number of piperidine rings is 1. The minimum absolute atomic E-state index is 0.0350. The van der Waals surface area contributed by atoms with Crippen LogP contribution in [0.4, 0.5) is 0 Å². The number of nitrogens with zero attached hydrogens (tertiary/aromatic N) is 1. The highest BCUT2D eigenvalue weighted by atomic mass is 16.7. The summed E-state index contributed by atoms with van der Waals surface area (Å²) >= 11 is 0. The zero-order valence-corrected chi connectivity index (χ0v) is 13.8. The summed E-state index contributed by atoms with van der Waals surface area (Å²) in [5.74, 6) is 0.0350. The van der Waals surface area contributed by atoms with Crippen molar-refractivity contribution >= 4 is 5.78 Å². The summed E-state index contributed by atoms with van der Waals surface area (Å²) in [6.07, 6.45) is 2.90. The molecule has 0 bridgehead atoms. The molecular weight excluding hydrogens is 262 g/mol. The molecule has 1 atom stereocenters. The van der Waals surface area contributed by atoms with Crippen LogP contribution >= 0.6 is 0 Å². The van der Waals surface area contributed by atoms with Crippen LogP contribution in [0.15, 0.2) is 30.3 Å². The molecule has 0 N–H and O–H groups in total. The molecule has 1 aliphatic heterocycles. The van der Waals surface area contributed by atoms with E-state index in [1.54, 1.807) is 0 Å². The van der Waals surface area contributed by atoms with E-state index in [1.807, 2.05) is 37.3 Å². The van der Waals surface area contributed by atoms with Gasteiger partial charge in [0.2, 0.25) is 0 Å². The second-order valence-corrected chi connectivity index (χ2v) is 7.25. The Bertz CT molecular complexity index is 477. The van der Waals surface area contributed by atoms with Crippen molar-refractivity contribution in [1.29, 1.82) is 0 Å². The molecule has 3 heteroatoms. The molecule has 21 heavy (non-hydrogen) atoms. The smallest absolute Gasteiger partial charge is 0.193 e. The predicted octanol–water partition coefficient (Wildman–Crippen LogP) is 4.23. The van der Waals surface area contributed by atoms with Crippen LogP contribution in [0.1, 0.15) is 64.2 Å². The zero-order valence-electron chi connectivity index (χ0n) is 13.8. The van der Waals surface area contributed by atoms with Gasteiger partial charge in [0.1, 0.15) is 6.10 Å². The Morgan fingerprint density at radius 2 is 1.62 bits per heavy atom. The van der Waals surface area contributed by atoms with Crippen molar-refractivity contribution in [1.82, 2.24) is 5.06 Å². The van der Waals surface area contributed by atoms with Crippen molar-refractivity contribution in [3.63, 3.8) is 0 Å². The van der Waals surface area contributed by atoms with E-state index in [4.69, 9.17) is 4.84 Å². The van der Waals surface area contributed by atoms with Crippen molar-refractivity contribution in [2.75, 3.05) is 0 Å². The Morgan fingerprint density at radius 3 is 2.14 bits per heavy atom. The lowest BCUT2D eigenvalue weighted by Crippen LogP contribution is -2.59. The van der Waals surface area contributed by atoms with E-state index in [2.05, 4.69) is 32.8 Å². The molecule has 1 unspecified atom stereocenters. The third kappa shape index (κ3) is 3.53. The largest absolute Gasteiger partial charge is 0.291 e. The summed E-state index contributed by atoms with van der Waals surface area (Å²) in [7, 11) is 0. The zero-order chi connectivity index (χ0) is 15.7. The lowest BCUT2D eigenvalue weighted by molar-refractivity contribution is -0.291. The summed E-state index contributed by atoms with van der Waals surface area (Å²) in [6, 6.07) is 9.37. The number of carbonyl (C=O) groups is 1. The maximum absolute atomic E-state index is 12.5. The molecule has 0 aromatic heterocycles. The molecule has 1 aliphatic rings. The molecule has 0 aliphatic carbocycles. The summed E-state index contributed by atoms with van der Waals surface area (Å²) in [5.41, 5.74) is 0.609. The SMILES string of the molecule is CC(ON1C(C)(C)CCCC1(C)C)C(=O)c1ccccc1. The number of hydrogen-bond donors (Lipinski definition) is 0. The van der Waals surface area contributed by atoms with Gasteiger partial charge in [-0.2, -0.15) is 5.06 Å². The number of Topliss-reactive ketones (excluding diaryl/α,β-unsaturated/α-hetero) is 1. The lowest BCUT2D eigenvalue weighted by Gasteiger charge is -2.52. The normalized spacial score (nSPS) is 22.7. The summed E-state index contributed by atoms with van der Waals surface area (Å²) < 4.78 is 0. The van der Waals surface area contributed by atoms with Crippen molar-refractivity contribution in [2.45, 2.75) is 71.1 Å². The maximum atomic E-state index is 12.5. The Labute approximate surface area is 128 Å². The van der Waals surface area contributed by atoms with Crippen LogP contribution in [0.2, 0.25) is 0 Å². The van der Waals surface area contributed by atoms with E-state index in [0.717, 1.165) is 12.8 Å². The van der Waals surface area contributed by atoms with E-state index in [1.165, 1.54) is 6.42 Å². The fraction of sp³-hybridized carbons (Fsp3) is 0.611. The van der Waals surface area contributed by atoms with Crippen LogP contribution in [0.5, 0.6) is 0 Å². The number of benzene rings is 1. The third-order valence-electron chi connectivity index (χ3n) is 4.37. The van der Waals surface area contributed by atoms with E-state index in [0.29, 0.717) is 5.56 Å². The molecule has 1 fully saturated rings. The fourth-order valence-corrected chi connectivity index (χ4v) is 3.30. The van der Waals surface area contributed by atoms with Crippen molar-refractivity contribution in [3.05, 3.63) is 35.9 Å². The van der Waals surface area contributed by atoms with Gasteiger partial charge in [0.15, 0.2) is 5.78 Å². The van der Waals surface area contributed by atoms with Crippen molar-refractivity contribution < 1.29 is 9.63 Å². The molecule has 3 nitrogen and oxygen atoms in total. The Morgan fingerprint density at radius 1 is 1.10 bits per heavy atom. The molecule has 116 valence electrons. The number of carbonyl (C=O) groups excluding carboxylic acids is 1. The van der Waals surface area contributed by atoms with Gasteiger partial charge in [0.25, 0.3) is 0 Å². The fourth-order valence-electron chi connectivity index (χ4n) is 3.30. The minimum Gasteiger partial charge on any atom is -0.291 e. The van der Waals surface area contributed by atoms with Gasteiger partial charge in [0, 0.05) is 16.6 Å². The van der Waals surface area contributed by atoms with Crippen LogP contribution in [-0.2, 0) is 4.84 Å². The van der Waals surface area contributed by atoms with Gasteiger partial charge < -0.3 is 0 Å². The molecule has 0 radical (unpaired) electrons. The van der Waals surface area contributed by atoms with Crippen LogP contribution in [-0.4, -0.2) is 28.0 Å². The highest BCUT2D eigenvalue weighted by molar-refractivity contribution is 5.99. The van der Waals surface area contributed by atoms with Crippen LogP contribution in [0, 0.1) is 0 Å². The van der Waals surface area contributed by atoms with Gasteiger partial charge in [-0.25, -0.2) is 0 Å². The Balaban J connectivity index is 2.14. The average molecular weight is 289 g/mol. The quantitative estimate of drug-likeness (QED) is 0.777. The second-order valence-electron chi connectivity index (χ2n) is 7.25. The molecule has 2 rings (SSSR count). The van der Waals surface area contributed by atoms with E-state index in [9.17, 15) is 4.79 Å². The monoisotopic (exact) mass is 289 g/mol. The molecule has 1 heterocycles. The van der Waals surface area contributed by atoms with Gasteiger partial charge in [-0.15, -0.1) is 0 Å². The third-order valence-corrected chi connectivity index (χ3v) is 4.37. The van der Waals surface area contributed by atoms with E-state index in [-0.39, 0.29) is 16.9 Å². The van der Waals surface area contributed by atoms with Gasteiger partial charge in [-0.1, -0.05) is 30.3 Å². The van der Waals surface area contributed by atoms with Crippen molar-refractivity contribution in [3.8, 4) is 0 Å². The molecular formula is C18H27NO2. The minimum atomic E-state index is -0.468. The van der Waals surface area contributed by atoms with Gasteiger partial charge >= 0.3 is 0 Å². The second kappa shape index (κ2) is 5.90. The Hall–Kier alpha value is -1.19. The average Bonchev–Trinajstić information content (AvgIpc) is 2.42. The van der Waals surface area contributed by atoms with E-state index < -0.39 is 6.10 Å². The molecule has 1 saturated heterocycles. The maximum Gasteiger partial charge on any atom is 0.193 e. The first-order valence-corrected chi connectivity index (χ1v) is 7.80. The predicted molar refractivity (Wildman–Crippen MR) is 85.2 cm³/mol. The highest BCUT2D eigenvalue weighted by Crippen LogP contribution is 2.38. The number of ketones is 1. The van der Waals surface area contributed by atoms with Crippen LogP contribution in [0.3, 0.4) is 0 Å². The number of hydroxylamine groups is 2. The molecule has 0 amide bonds. The first-order valence-electron chi connectivity index (χ1n) is 7.80. The first kappa shape index (κ1) is 16.2. The molecule has 0 spiro atoms. The molecule has 1 aromatic carbocycles. The topological polar surface area (TPSA) is 29.5 Å². The summed E-state index contributed by atoms with van der Waals surface area (Å²) in [5, 5.41) is 2.05. The highest BCUT2D eigenvalue weighted by Gasteiger charge is 2.43. The van der Waals surface area contributed by atoms with Gasteiger partial charge in [-0.3, -0.25) is 9.63 Å². The molecule has 0 saturated carbocycles. The summed E-state index contributed by atoms with van der Waals surface area (Å²) in [6.45, 7) is 10.6.